The molecule has 1 aliphatic rings. The van der Waals surface area contributed by atoms with Crippen LogP contribution in [0.1, 0.15) is 13.8 Å². The summed E-state index contributed by atoms with van der Waals surface area (Å²) in [4.78, 5) is 23.0. The maximum Gasteiger partial charge on any atom is 0.403 e. The third kappa shape index (κ3) is 5.76. The van der Waals surface area contributed by atoms with Gasteiger partial charge in [-0.3, -0.25) is 4.79 Å². The molecule has 0 amide bonds. The summed E-state index contributed by atoms with van der Waals surface area (Å²) in [5, 5.41) is 8.36. The zero-order chi connectivity index (χ0) is 19.9. The van der Waals surface area contributed by atoms with Crippen LogP contribution in [0.15, 0.2) is 84.9 Å². The fourth-order valence-electron chi connectivity index (χ4n) is 2.76. The number of fused-ring (bicyclic) bond motifs is 1. The molecular weight excluding hydrogens is 543 g/mol. The van der Waals surface area contributed by atoms with Crippen LogP contribution in [0.5, 0.6) is 0 Å². The molecule has 0 fully saturated rings. The van der Waals surface area contributed by atoms with Crippen molar-refractivity contribution < 1.29 is 30.0 Å². The van der Waals surface area contributed by atoms with Crippen LogP contribution in [-0.4, -0.2) is 28.4 Å². The predicted octanol–water partition coefficient (Wildman–Crippen LogP) is 4.34. The second kappa shape index (κ2) is 10.6. The Labute approximate surface area is 184 Å². The summed E-state index contributed by atoms with van der Waals surface area (Å²) in [5.74, 6) is 1.72. The van der Waals surface area contributed by atoms with Gasteiger partial charge in [0, 0.05) is 38.6 Å². The fraction of sp³-hybridized carbons (Fsp3) is 0.0952. The van der Waals surface area contributed by atoms with Gasteiger partial charge in [-0.15, -0.1) is 0 Å². The molecule has 1 aromatic carbocycles. The first-order valence-electron chi connectivity index (χ1n) is 8.78. The molecule has 0 bridgehead atoms. The standard InChI is InChI=1S/C16H12BN4.C5H8O2.Ir/c1-2-8-14-13(7-1)20(15-9-3-5-11-18-15)17-21(14)16-10-4-6-12-19-16;1-4(6)3-5(2)7;/h1-12H;3,6H,1-2H3;/b;4-3-;. The van der Waals surface area contributed by atoms with E-state index in [1.54, 1.807) is 12.4 Å². The second-order valence-electron chi connectivity index (χ2n) is 6.12. The number of anilines is 4. The van der Waals surface area contributed by atoms with Gasteiger partial charge in [0.05, 0.1) is 17.1 Å². The van der Waals surface area contributed by atoms with Crippen molar-refractivity contribution in [3.63, 3.8) is 0 Å². The number of hydrogen-bond donors (Lipinski definition) is 1. The molecule has 1 N–H and O–H groups in total. The van der Waals surface area contributed by atoms with Crippen molar-refractivity contribution >= 4 is 36.3 Å². The SMILES string of the molecule is CC(=O)/C=C(/C)O.[B]1N(c2ccccn2)c2ccccc2N1c1ccccn1.[Ir]. The Kier molecular flexibility index (Phi) is 8.13. The summed E-state index contributed by atoms with van der Waals surface area (Å²) < 4.78 is 0. The van der Waals surface area contributed by atoms with E-state index in [1.807, 2.05) is 56.1 Å². The summed E-state index contributed by atoms with van der Waals surface area (Å²) in [6.07, 6.45) is 4.77. The number of allylic oxidation sites excluding steroid dienone is 2. The van der Waals surface area contributed by atoms with Gasteiger partial charge in [-0.05, 0) is 50.2 Å². The minimum Gasteiger partial charge on any atom is -0.512 e. The Balaban J connectivity index is 0.000000327. The molecule has 1 aliphatic heterocycles. The van der Waals surface area contributed by atoms with Gasteiger partial charge in [0.25, 0.3) is 0 Å². The Morgan fingerprint density at radius 1 is 0.862 bits per heavy atom. The van der Waals surface area contributed by atoms with Crippen molar-refractivity contribution in [2.24, 2.45) is 0 Å². The van der Waals surface area contributed by atoms with E-state index in [4.69, 9.17) is 5.11 Å². The molecule has 2 radical (unpaired) electrons. The summed E-state index contributed by atoms with van der Waals surface area (Å²) in [7, 11) is 2.02. The molecule has 4 rings (SSSR count). The van der Waals surface area contributed by atoms with Crippen molar-refractivity contribution in [1.82, 2.24) is 9.97 Å². The van der Waals surface area contributed by atoms with E-state index in [-0.39, 0.29) is 31.6 Å². The average Bonchev–Trinajstić information content (AvgIpc) is 3.09. The van der Waals surface area contributed by atoms with Crippen LogP contribution in [0.4, 0.5) is 23.0 Å². The third-order valence-corrected chi connectivity index (χ3v) is 3.84. The van der Waals surface area contributed by atoms with E-state index in [0.717, 1.165) is 23.0 Å². The molecule has 0 unspecified atom stereocenters. The smallest absolute Gasteiger partial charge is 0.403 e. The molecule has 3 aromatic rings. The summed E-state index contributed by atoms with van der Waals surface area (Å²) in [6, 6.07) is 20.0. The maximum absolute atomic E-state index is 10.0. The first-order chi connectivity index (χ1) is 13.6. The van der Waals surface area contributed by atoms with E-state index in [1.165, 1.54) is 19.9 Å². The molecule has 29 heavy (non-hydrogen) atoms. The molecule has 0 saturated heterocycles. The largest absolute Gasteiger partial charge is 0.512 e. The monoisotopic (exact) mass is 564 g/mol. The van der Waals surface area contributed by atoms with Crippen LogP contribution in [-0.2, 0) is 24.9 Å². The maximum atomic E-state index is 10.0. The summed E-state index contributed by atoms with van der Waals surface area (Å²) >= 11 is 0. The Hall–Kier alpha value is -2.96. The minimum atomic E-state index is -0.125. The van der Waals surface area contributed by atoms with E-state index in [2.05, 4.69) is 31.7 Å². The third-order valence-electron chi connectivity index (χ3n) is 3.84. The number of carbonyl (C=O) groups is 1. The van der Waals surface area contributed by atoms with E-state index in [9.17, 15) is 4.79 Å². The summed E-state index contributed by atoms with van der Waals surface area (Å²) in [6.45, 7) is 2.85. The van der Waals surface area contributed by atoms with Crippen molar-refractivity contribution in [2.45, 2.75) is 13.8 Å². The molecule has 8 heteroatoms. The predicted molar refractivity (Wildman–Crippen MR) is 112 cm³/mol. The minimum absolute atomic E-state index is 0. The van der Waals surface area contributed by atoms with Gasteiger partial charge in [0.1, 0.15) is 11.6 Å². The molecule has 6 nitrogen and oxygen atoms in total. The number of rotatable bonds is 3. The van der Waals surface area contributed by atoms with Crippen LogP contribution in [0.2, 0.25) is 0 Å². The van der Waals surface area contributed by atoms with Gasteiger partial charge in [-0.25, -0.2) is 9.97 Å². The number of aliphatic hydroxyl groups is 1. The molecule has 0 saturated carbocycles. The Bertz CT molecular complexity index is 902. The number of aromatic nitrogens is 2. The first-order valence-corrected chi connectivity index (χ1v) is 8.78. The number of nitrogens with zero attached hydrogens (tertiary/aromatic N) is 4. The molecule has 0 aliphatic carbocycles. The normalized spacial score (nSPS) is 12.1. The number of carbonyl (C=O) groups excluding carboxylic acids is 1. The molecule has 0 atom stereocenters. The van der Waals surface area contributed by atoms with E-state index >= 15 is 0 Å². The fourth-order valence-corrected chi connectivity index (χ4v) is 2.76. The van der Waals surface area contributed by atoms with Gasteiger partial charge < -0.3 is 14.7 Å². The van der Waals surface area contributed by atoms with Crippen molar-refractivity contribution in [3.8, 4) is 0 Å². The molecule has 2 aromatic heterocycles. The molecule has 3 heterocycles. The van der Waals surface area contributed by atoms with Crippen molar-refractivity contribution in [3.05, 3.63) is 84.9 Å². The summed E-state index contributed by atoms with van der Waals surface area (Å²) in [5.41, 5.74) is 2.20. The van der Waals surface area contributed by atoms with Gasteiger partial charge in [0.15, 0.2) is 5.78 Å². The second-order valence-corrected chi connectivity index (χ2v) is 6.12. The van der Waals surface area contributed by atoms with Gasteiger partial charge in [-0.2, -0.15) is 0 Å². The Morgan fingerprint density at radius 3 is 1.62 bits per heavy atom. The number of para-hydroxylation sites is 2. The number of hydrogen-bond acceptors (Lipinski definition) is 6. The van der Waals surface area contributed by atoms with Gasteiger partial charge in [0.2, 0.25) is 0 Å². The Morgan fingerprint density at radius 2 is 1.31 bits per heavy atom. The van der Waals surface area contributed by atoms with Gasteiger partial charge in [-0.1, -0.05) is 24.3 Å². The average molecular weight is 563 g/mol. The quantitative estimate of drug-likeness (QED) is 0.291. The van der Waals surface area contributed by atoms with Crippen LogP contribution < -0.4 is 9.62 Å². The number of aliphatic hydroxyl groups excluding tert-OH is 1. The van der Waals surface area contributed by atoms with E-state index in [0.29, 0.717) is 0 Å². The molecule has 0 spiro atoms. The van der Waals surface area contributed by atoms with Crippen molar-refractivity contribution in [1.29, 1.82) is 0 Å². The topological polar surface area (TPSA) is 69.6 Å². The van der Waals surface area contributed by atoms with Crippen molar-refractivity contribution in [2.75, 3.05) is 9.62 Å². The van der Waals surface area contributed by atoms with Gasteiger partial charge >= 0.3 is 7.55 Å². The van der Waals surface area contributed by atoms with Crippen LogP contribution >= 0.6 is 0 Å². The number of ketones is 1. The zero-order valence-electron chi connectivity index (χ0n) is 16.1. The zero-order valence-corrected chi connectivity index (χ0v) is 18.5. The number of pyridine rings is 2. The molecular formula is C21H20BIrN4O2. The number of benzene rings is 1. The first kappa shape index (κ1) is 22.3. The molecule has 148 valence electrons. The van der Waals surface area contributed by atoms with Crippen LogP contribution in [0, 0.1) is 0 Å². The van der Waals surface area contributed by atoms with Crippen LogP contribution in [0.25, 0.3) is 0 Å². The van der Waals surface area contributed by atoms with E-state index < -0.39 is 0 Å². The van der Waals surface area contributed by atoms with Crippen LogP contribution in [0.3, 0.4) is 0 Å².